The number of hydrogen-bond acceptors (Lipinski definition) is 2. The molecule has 0 radical (unpaired) electrons. The Morgan fingerprint density at radius 1 is 0.737 bits per heavy atom. The van der Waals surface area contributed by atoms with Gasteiger partial charge in [0.05, 0.1) is 5.54 Å². The van der Waals surface area contributed by atoms with E-state index in [0.29, 0.717) is 5.92 Å². The number of para-hydroxylation sites is 3. The van der Waals surface area contributed by atoms with Crippen molar-refractivity contribution in [2.24, 2.45) is 0 Å². The lowest BCUT2D eigenvalue weighted by atomic mass is 9.33. The SMILES string of the molecule is CC(C)c1cc2c3c4c1C1(C)CCCCC1(C)N4c1ccccc1B3c1ccccc1N2c1ccccc1. The first-order chi connectivity index (χ1) is 18.5. The summed E-state index contributed by atoms with van der Waals surface area (Å²) in [7, 11) is 0. The van der Waals surface area contributed by atoms with Crippen molar-refractivity contribution >= 4 is 51.5 Å². The predicted molar refractivity (Wildman–Crippen MR) is 163 cm³/mol. The van der Waals surface area contributed by atoms with Gasteiger partial charge in [0.2, 0.25) is 0 Å². The van der Waals surface area contributed by atoms with E-state index in [2.05, 4.69) is 122 Å². The van der Waals surface area contributed by atoms with Crippen molar-refractivity contribution in [3.05, 3.63) is 96.1 Å². The lowest BCUT2D eigenvalue weighted by molar-refractivity contribution is 0.194. The van der Waals surface area contributed by atoms with E-state index >= 15 is 0 Å². The average molecular weight is 494 g/mol. The van der Waals surface area contributed by atoms with Crippen molar-refractivity contribution < 1.29 is 0 Å². The van der Waals surface area contributed by atoms with Crippen LogP contribution in [0.5, 0.6) is 0 Å². The van der Waals surface area contributed by atoms with Gasteiger partial charge in [-0.25, -0.2) is 0 Å². The molecule has 1 fully saturated rings. The Kier molecular flexibility index (Phi) is 4.48. The molecule has 4 aromatic carbocycles. The van der Waals surface area contributed by atoms with E-state index in [1.54, 1.807) is 5.56 Å². The molecule has 188 valence electrons. The second-order valence-corrected chi connectivity index (χ2v) is 12.6. The smallest absolute Gasteiger partial charge is 0.252 e. The maximum Gasteiger partial charge on any atom is 0.252 e. The molecule has 3 heteroatoms. The summed E-state index contributed by atoms with van der Waals surface area (Å²) in [6.45, 7) is 10.2. The summed E-state index contributed by atoms with van der Waals surface area (Å²) >= 11 is 0. The highest BCUT2D eigenvalue weighted by Gasteiger charge is 2.62. The molecule has 0 amide bonds. The summed E-state index contributed by atoms with van der Waals surface area (Å²) in [6.07, 6.45) is 5.12. The number of anilines is 5. The van der Waals surface area contributed by atoms with Crippen LogP contribution in [0, 0.1) is 0 Å². The average Bonchev–Trinajstić information content (AvgIpc) is 3.16. The molecule has 3 heterocycles. The Labute approximate surface area is 227 Å². The minimum Gasteiger partial charge on any atom is -0.335 e. The Morgan fingerprint density at radius 2 is 1.37 bits per heavy atom. The summed E-state index contributed by atoms with van der Waals surface area (Å²) in [4.78, 5) is 5.38. The number of hydrogen-bond donors (Lipinski definition) is 0. The number of rotatable bonds is 2. The Hall–Kier alpha value is -3.46. The van der Waals surface area contributed by atoms with Gasteiger partial charge in [-0.3, -0.25) is 0 Å². The van der Waals surface area contributed by atoms with Gasteiger partial charge in [-0.1, -0.05) is 88.2 Å². The molecular formula is C35H35BN2. The molecule has 1 aliphatic carbocycles. The van der Waals surface area contributed by atoms with E-state index in [1.165, 1.54) is 76.1 Å². The zero-order chi connectivity index (χ0) is 25.8. The van der Waals surface area contributed by atoms with Gasteiger partial charge in [0, 0.05) is 33.9 Å². The van der Waals surface area contributed by atoms with E-state index in [-0.39, 0.29) is 17.7 Å². The van der Waals surface area contributed by atoms with Crippen molar-refractivity contribution in [1.82, 2.24) is 0 Å². The molecular weight excluding hydrogens is 459 g/mol. The van der Waals surface area contributed by atoms with E-state index in [9.17, 15) is 0 Å². The largest absolute Gasteiger partial charge is 0.335 e. The topological polar surface area (TPSA) is 6.48 Å². The standard InChI is InChI=1S/C35H35BN2/c1-23(2)25-22-30-32-33-31(25)34(3)20-12-13-21-35(34,4)38(33)29-19-11-9-17-27(29)36(32)26-16-8-10-18-28(26)37(30)24-14-6-5-7-15-24/h5-11,14-19,22-23H,12-13,20-21H2,1-4H3. The van der Waals surface area contributed by atoms with Crippen LogP contribution in [0.15, 0.2) is 84.9 Å². The van der Waals surface area contributed by atoms with Gasteiger partial charge >= 0.3 is 0 Å². The lowest BCUT2D eigenvalue weighted by Gasteiger charge is -2.52. The quantitative estimate of drug-likeness (QED) is 0.240. The fourth-order valence-corrected chi connectivity index (χ4v) is 8.64. The van der Waals surface area contributed by atoms with Crippen molar-refractivity contribution in [3.8, 4) is 0 Å². The van der Waals surface area contributed by atoms with Crippen LogP contribution in [0.1, 0.15) is 70.4 Å². The van der Waals surface area contributed by atoms with Gasteiger partial charge in [-0.2, -0.15) is 0 Å². The van der Waals surface area contributed by atoms with Crippen molar-refractivity contribution in [1.29, 1.82) is 0 Å². The third-order valence-electron chi connectivity index (χ3n) is 10.5. The summed E-state index contributed by atoms with van der Waals surface area (Å²) in [5, 5.41) is 0. The van der Waals surface area contributed by atoms with Gasteiger partial charge in [0.25, 0.3) is 6.71 Å². The normalized spacial score (nSPS) is 24.2. The van der Waals surface area contributed by atoms with E-state index in [1.807, 2.05) is 0 Å². The highest BCUT2D eigenvalue weighted by Crippen LogP contribution is 2.63. The maximum absolute atomic E-state index is 2.83. The van der Waals surface area contributed by atoms with Crippen LogP contribution in [0.25, 0.3) is 0 Å². The summed E-state index contributed by atoms with van der Waals surface area (Å²) < 4.78 is 0. The summed E-state index contributed by atoms with van der Waals surface area (Å²) in [5.74, 6) is 0.458. The minimum atomic E-state index is 0.0714. The highest BCUT2D eigenvalue weighted by atomic mass is 15.3. The first-order valence-electron chi connectivity index (χ1n) is 14.5. The molecule has 2 atom stereocenters. The molecule has 4 aliphatic rings. The van der Waals surface area contributed by atoms with Crippen molar-refractivity contribution in [3.63, 3.8) is 0 Å². The van der Waals surface area contributed by atoms with E-state index in [0.717, 1.165) is 0 Å². The lowest BCUT2D eigenvalue weighted by Crippen LogP contribution is -2.64. The third kappa shape index (κ3) is 2.56. The fraction of sp³-hybridized carbons (Fsp3) is 0.314. The highest BCUT2D eigenvalue weighted by molar-refractivity contribution is 7.00. The van der Waals surface area contributed by atoms with E-state index < -0.39 is 0 Å². The van der Waals surface area contributed by atoms with Crippen LogP contribution in [0.3, 0.4) is 0 Å². The maximum atomic E-state index is 2.83. The molecule has 8 rings (SSSR count). The Bertz CT molecular complexity index is 1610. The molecule has 4 aromatic rings. The zero-order valence-electron chi connectivity index (χ0n) is 23.0. The van der Waals surface area contributed by atoms with Gasteiger partial charge in [-0.15, -0.1) is 0 Å². The molecule has 0 N–H and O–H groups in total. The number of fused-ring (bicyclic) bond motifs is 8. The van der Waals surface area contributed by atoms with Gasteiger partial charge in [-0.05, 0) is 83.5 Å². The van der Waals surface area contributed by atoms with Crippen molar-refractivity contribution in [2.45, 2.75) is 70.3 Å². The Morgan fingerprint density at radius 3 is 2.11 bits per heavy atom. The second kappa shape index (κ2) is 7.56. The summed E-state index contributed by atoms with van der Waals surface area (Å²) in [6, 6.07) is 32.0. The van der Waals surface area contributed by atoms with Crippen LogP contribution in [-0.2, 0) is 5.41 Å². The van der Waals surface area contributed by atoms with E-state index in [4.69, 9.17) is 0 Å². The molecule has 0 bridgehead atoms. The van der Waals surface area contributed by atoms with Crippen LogP contribution in [0.4, 0.5) is 28.4 Å². The number of benzene rings is 4. The second-order valence-electron chi connectivity index (χ2n) is 12.6. The van der Waals surface area contributed by atoms with Crippen LogP contribution < -0.4 is 26.2 Å². The molecule has 0 saturated heterocycles. The molecule has 38 heavy (non-hydrogen) atoms. The summed E-state index contributed by atoms with van der Waals surface area (Å²) in [5.41, 5.74) is 14.6. The first kappa shape index (κ1) is 22.5. The van der Waals surface area contributed by atoms with Crippen LogP contribution in [-0.4, -0.2) is 12.3 Å². The fourth-order valence-electron chi connectivity index (χ4n) is 8.64. The zero-order valence-corrected chi connectivity index (χ0v) is 23.0. The van der Waals surface area contributed by atoms with Crippen LogP contribution in [0.2, 0.25) is 0 Å². The molecule has 3 aliphatic heterocycles. The molecule has 2 nitrogen and oxygen atoms in total. The first-order valence-corrected chi connectivity index (χ1v) is 14.5. The molecule has 0 spiro atoms. The van der Waals surface area contributed by atoms with Gasteiger partial charge in [0.1, 0.15) is 0 Å². The monoisotopic (exact) mass is 494 g/mol. The third-order valence-corrected chi connectivity index (χ3v) is 10.5. The van der Waals surface area contributed by atoms with Crippen molar-refractivity contribution in [2.75, 3.05) is 9.80 Å². The molecule has 0 aromatic heterocycles. The van der Waals surface area contributed by atoms with Gasteiger partial charge in [0.15, 0.2) is 0 Å². The molecule has 2 unspecified atom stereocenters. The number of nitrogens with zero attached hydrogens (tertiary/aromatic N) is 2. The molecule has 1 saturated carbocycles. The van der Waals surface area contributed by atoms with Gasteiger partial charge < -0.3 is 9.80 Å². The Balaban J connectivity index is 1.56. The predicted octanol–water partition coefficient (Wildman–Crippen LogP) is 7.16. The van der Waals surface area contributed by atoms with Crippen LogP contribution >= 0.6 is 0 Å². The minimum absolute atomic E-state index is 0.0714.